The first-order valence-electron chi connectivity index (χ1n) is 6.52. The minimum atomic E-state index is -0.0566. The van der Waals surface area contributed by atoms with Crippen molar-refractivity contribution in [3.8, 4) is 11.4 Å². The second-order valence-corrected chi connectivity index (χ2v) is 5.40. The van der Waals surface area contributed by atoms with Crippen LogP contribution in [-0.2, 0) is 5.41 Å². The fourth-order valence-corrected chi connectivity index (χ4v) is 2.53. The number of hydrogen-bond donors (Lipinski definition) is 0. The van der Waals surface area contributed by atoms with Crippen molar-refractivity contribution in [3.05, 3.63) is 29.5 Å². The first kappa shape index (κ1) is 12.1. The standard InChI is InChI=1S/C14H17N3O2/c1-9-11(10(2)18-16-9)12-15-13(19-17-12)14(3)7-5-4-6-8-14/h4-5H,6-8H2,1-3H3. The summed E-state index contributed by atoms with van der Waals surface area (Å²) in [6.45, 7) is 5.91. The Morgan fingerprint density at radius 1 is 1.16 bits per heavy atom. The van der Waals surface area contributed by atoms with E-state index in [1.807, 2.05) is 13.8 Å². The molecule has 0 spiro atoms. The van der Waals surface area contributed by atoms with E-state index in [9.17, 15) is 0 Å². The molecule has 0 saturated carbocycles. The van der Waals surface area contributed by atoms with E-state index in [0.717, 1.165) is 36.3 Å². The molecule has 0 bridgehead atoms. The lowest BCUT2D eigenvalue weighted by Gasteiger charge is -2.25. The summed E-state index contributed by atoms with van der Waals surface area (Å²) in [5.41, 5.74) is 1.57. The maximum Gasteiger partial charge on any atom is 0.233 e. The van der Waals surface area contributed by atoms with Crippen LogP contribution in [0.3, 0.4) is 0 Å². The van der Waals surface area contributed by atoms with Gasteiger partial charge in [-0.15, -0.1) is 0 Å². The van der Waals surface area contributed by atoms with E-state index in [2.05, 4.69) is 34.4 Å². The average Bonchev–Trinajstić information content (AvgIpc) is 2.98. The molecule has 2 aromatic rings. The monoisotopic (exact) mass is 259 g/mol. The summed E-state index contributed by atoms with van der Waals surface area (Å²) in [5.74, 6) is 1.99. The lowest BCUT2D eigenvalue weighted by Crippen LogP contribution is -2.23. The molecule has 1 unspecified atom stereocenters. The molecule has 0 radical (unpaired) electrons. The van der Waals surface area contributed by atoms with Gasteiger partial charge in [0.2, 0.25) is 11.7 Å². The SMILES string of the molecule is Cc1noc(C)c1-c1noc(C2(C)CC=CCC2)n1. The number of rotatable bonds is 2. The molecule has 5 heteroatoms. The number of allylic oxidation sites excluding steroid dienone is 2. The first-order valence-corrected chi connectivity index (χ1v) is 6.52. The smallest absolute Gasteiger partial charge is 0.233 e. The molecule has 0 aliphatic heterocycles. The Labute approximate surface area is 111 Å². The summed E-state index contributed by atoms with van der Waals surface area (Å²) in [6, 6.07) is 0. The predicted octanol–water partition coefficient (Wildman–Crippen LogP) is 3.34. The summed E-state index contributed by atoms with van der Waals surface area (Å²) in [5, 5.41) is 8.01. The van der Waals surface area contributed by atoms with Crippen LogP contribution in [0.5, 0.6) is 0 Å². The third kappa shape index (κ3) is 1.99. The van der Waals surface area contributed by atoms with Gasteiger partial charge in [-0.1, -0.05) is 29.4 Å². The second kappa shape index (κ2) is 4.33. The van der Waals surface area contributed by atoms with Crippen LogP contribution in [0.25, 0.3) is 11.4 Å². The van der Waals surface area contributed by atoms with Crippen molar-refractivity contribution in [2.45, 2.75) is 45.4 Å². The van der Waals surface area contributed by atoms with Crippen LogP contribution in [0.15, 0.2) is 21.2 Å². The number of nitrogens with zero attached hydrogens (tertiary/aromatic N) is 3. The number of hydrogen-bond acceptors (Lipinski definition) is 5. The average molecular weight is 259 g/mol. The predicted molar refractivity (Wildman–Crippen MR) is 69.6 cm³/mol. The third-order valence-corrected chi connectivity index (χ3v) is 3.80. The zero-order valence-electron chi connectivity index (χ0n) is 11.4. The Morgan fingerprint density at radius 2 is 2.00 bits per heavy atom. The van der Waals surface area contributed by atoms with Gasteiger partial charge < -0.3 is 9.05 Å². The third-order valence-electron chi connectivity index (χ3n) is 3.80. The topological polar surface area (TPSA) is 65.0 Å². The molecule has 1 aliphatic carbocycles. The molecular weight excluding hydrogens is 242 g/mol. The van der Waals surface area contributed by atoms with E-state index < -0.39 is 0 Å². The molecule has 19 heavy (non-hydrogen) atoms. The van der Waals surface area contributed by atoms with Crippen LogP contribution in [0.1, 0.15) is 43.5 Å². The summed E-state index contributed by atoms with van der Waals surface area (Å²) < 4.78 is 10.6. The van der Waals surface area contributed by atoms with Gasteiger partial charge in [0, 0.05) is 0 Å². The Hall–Kier alpha value is -1.91. The minimum Gasteiger partial charge on any atom is -0.361 e. The summed E-state index contributed by atoms with van der Waals surface area (Å²) in [6.07, 6.45) is 7.42. The van der Waals surface area contributed by atoms with Crippen molar-refractivity contribution in [3.63, 3.8) is 0 Å². The Morgan fingerprint density at radius 3 is 2.63 bits per heavy atom. The highest BCUT2D eigenvalue weighted by Crippen LogP contribution is 2.36. The highest BCUT2D eigenvalue weighted by Gasteiger charge is 2.33. The summed E-state index contributed by atoms with van der Waals surface area (Å²) in [7, 11) is 0. The molecule has 5 nitrogen and oxygen atoms in total. The van der Waals surface area contributed by atoms with Crippen LogP contribution >= 0.6 is 0 Å². The van der Waals surface area contributed by atoms with E-state index in [4.69, 9.17) is 9.05 Å². The van der Waals surface area contributed by atoms with E-state index in [-0.39, 0.29) is 5.41 Å². The summed E-state index contributed by atoms with van der Waals surface area (Å²) >= 11 is 0. The van der Waals surface area contributed by atoms with Gasteiger partial charge in [-0.05, 0) is 33.1 Å². The van der Waals surface area contributed by atoms with Crippen molar-refractivity contribution in [1.82, 2.24) is 15.3 Å². The fourth-order valence-electron chi connectivity index (χ4n) is 2.53. The lowest BCUT2D eigenvalue weighted by molar-refractivity contribution is 0.277. The molecular formula is C14H17N3O2. The molecule has 0 N–H and O–H groups in total. The minimum absolute atomic E-state index is 0.0566. The maximum atomic E-state index is 5.48. The quantitative estimate of drug-likeness (QED) is 0.774. The molecule has 2 heterocycles. The van der Waals surface area contributed by atoms with E-state index in [1.54, 1.807) is 0 Å². The van der Waals surface area contributed by atoms with Crippen molar-refractivity contribution in [2.24, 2.45) is 0 Å². The normalized spacial score (nSPS) is 22.9. The van der Waals surface area contributed by atoms with Gasteiger partial charge in [0.15, 0.2) is 0 Å². The molecule has 0 fully saturated rings. The molecule has 0 amide bonds. The van der Waals surface area contributed by atoms with Gasteiger partial charge >= 0.3 is 0 Å². The maximum absolute atomic E-state index is 5.48. The molecule has 1 atom stereocenters. The van der Waals surface area contributed by atoms with Gasteiger partial charge in [0.1, 0.15) is 5.76 Å². The molecule has 2 aromatic heterocycles. The largest absolute Gasteiger partial charge is 0.361 e. The van der Waals surface area contributed by atoms with Gasteiger partial charge in [-0.25, -0.2) is 0 Å². The summed E-state index contributed by atoms with van der Waals surface area (Å²) in [4.78, 5) is 4.56. The van der Waals surface area contributed by atoms with Crippen molar-refractivity contribution in [2.75, 3.05) is 0 Å². The number of aryl methyl sites for hydroxylation is 2. The highest BCUT2D eigenvalue weighted by molar-refractivity contribution is 5.59. The van der Waals surface area contributed by atoms with Crippen LogP contribution in [0.2, 0.25) is 0 Å². The number of aromatic nitrogens is 3. The lowest BCUT2D eigenvalue weighted by atomic mass is 9.79. The van der Waals surface area contributed by atoms with E-state index in [0.29, 0.717) is 11.7 Å². The second-order valence-electron chi connectivity index (χ2n) is 5.40. The Bertz CT molecular complexity index is 607. The Balaban J connectivity index is 1.98. The van der Waals surface area contributed by atoms with E-state index in [1.165, 1.54) is 0 Å². The van der Waals surface area contributed by atoms with Gasteiger partial charge in [-0.3, -0.25) is 0 Å². The first-order chi connectivity index (χ1) is 9.10. The van der Waals surface area contributed by atoms with Gasteiger partial charge in [0.05, 0.1) is 16.7 Å². The van der Waals surface area contributed by atoms with Crippen LogP contribution in [-0.4, -0.2) is 15.3 Å². The van der Waals surface area contributed by atoms with Crippen LogP contribution < -0.4 is 0 Å². The molecule has 1 aliphatic rings. The molecule has 3 rings (SSSR count). The van der Waals surface area contributed by atoms with Crippen molar-refractivity contribution < 1.29 is 9.05 Å². The van der Waals surface area contributed by atoms with Crippen molar-refractivity contribution >= 4 is 0 Å². The van der Waals surface area contributed by atoms with Gasteiger partial charge in [0.25, 0.3) is 0 Å². The van der Waals surface area contributed by atoms with Crippen molar-refractivity contribution in [1.29, 1.82) is 0 Å². The Kier molecular flexibility index (Phi) is 2.77. The molecule has 0 saturated heterocycles. The van der Waals surface area contributed by atoms with E-state index >= 15 is 0 Å². The van der Waals surface area contributed by atoms with Gasteiger partial charge in [-0.2, -0.15) is 4.98 Å². The zero-order chi connectivity index (χ0) is 13.5. The zero-order valence-corrected chi connectivity index (χ0v) is 11.4. The highest BCUT2D eigenvalue weighted by atomic mass is 16.5. The van der Waals surface area contributed by atoms with Crippen LogP contribution in [0, 0.1) is 13.8 Å². The van der Waals surface area contributed by atoms with Crippen LogP contribution in [0.4, 0.5) is 0 Å². The molecule has 100 valence electrons. The fraction of sp³-hybridized carbons (Fsp3) is 0.500. The molecule has 0 aromatic carbocycles.